The van der Waals surface area contributed by atoms with E-state index in [9.17, 15) is 9.18 Å². The second kappa shape index (κ2) is 8.25. The van der Waals surface area contributed by atoms with Gasteiger partial charge in [0.05, 0.1) is 12.2 Å². The Labute approximate surface area is 160 Å². The van der Waals surface area contributed by atoms with E-state index in [1.807, 2.05) is 0 Å². The SMILES string of the molecule is O=C(c1cccc(F)c1)N(Cc1cccnn1)Cc1ccc(Cl)cc1Cl. The topological polar surface area (TPSA) is 46.1 Å². The molecule has 2 aromatic carbocycles. The molecule has 1 heterocycles. The number of hydrogen-bond acceptors (Lipinski definition) is 3. The molecule has 0 bridgehead atoms. The fourth-order valence-corrected chi connectivity index (χ4v) is 2.94. The van der Waals surface area contributed by atoms with Crippen LogP contribution in [0.4, 0.5) is 4.39 Å². The molecule has 0 radical (unpaired) electrons. The Morgan fingerprint density at radius 3 is 2.58 bits per heavy atom. The maximum Gasteiger partial charge on any atom is 0.254 e. The molecule has 0 saturated carbocycles. The van der Waals surface area contributed by atoms with Gasteiger partial charge in [0, 0.05) is 28.4 Å². The fraction of sp³-hybridized carbons (Fsp3) is 0.105. The van der Waals surface area contributed by atoms with Crippen LogP contribution in [0, 0.1) is 5.82 Å². The third-order valence-corrected chi connectivity index (χ3v) is 4.30. The van der Waals surface area contributed by atoms with Gasteiger partial charge in [-0.15, -0.1) is 0 Å². The highest BCUT2D eigenvalue weighted by Gasteiger charge is 2.19. The van der Waals surface area contributed by atoms with Crippen LogP contribution in [0.2, 0.25) is 10.0 Å². The van der Waals surface area contributed by atoms with Crippen LogP contribution >= 0.6 is 23.2 Å². The number of carbonyl (C=O) groups excluding carboxylic acids is 1. The molecular weight excluding hydrogens is 376 g/mol. The first kappa shape index (κ1) is 18.3. The van der Waals surface area contributed by atoms with Crippen LogP contribution in [-0.4, -0.2) is 21.0 Å². The number of halogens is 3. The predicted octanol–water partition coefficient (Wildman–Crippen LogP) is 4.77. The van der Waals surface area contributed by atoms with E-state index < -0.39 is 5.82 Å². The lowest BCUT2D eigenvalue weighted by atomic mass is 10.1. The molecule has 3 rings (SSSR count). The van der Waals surface area contributed by atoms with Crippen LogP contribution in [0.15, 0.2) is 60.8 Å². The Hall–Kier alpha value is -2.50. The van der Waals surface area contributed by atoms with Gasteiger partial charge in [-0.2, -0.15) is 10.2 Å². The largest absolute Gasteiger partial charge is 0.328 e. The minimum absolute atomic E-state index is 0.210. The number of rotatable bonds is 5. The summed E-state index contributed by atoms with van der Waals surface area (Å²) in [6.07, 6.45) is 1.55. The summed E-state index contributed by atoms with van der Waals surface area (Å²) in [6.45, 7) is 0.435. The van der Waals surface area contributed by atoms with Gasteiger partial charge in [-0.1, -0.05) is 35.3 Å². The highest BCUT2D eigenvalue weighted by Crippen LogP contribution is 2.23. The van der Waals surface area contributed by atoms with Gasteiger partial charge in [0.1, 0.15) is 5.82 Å². The van der Waals surface area contributed by atoms with Crippen molar-refractivity contribution in [3.63, 3.8) is 0 Å². The highest BCUT2D eigenvalue weighted by atomic mass is 35.5. The second-order valence-electron chi connectivity index (χ2n) is 5.62. The van der Waals surface area contributed by atoms with Gasteiger partial charge in [-0.3, -0.25) is 4.79 Å². The quantitative estimate of drug-likeness (QED) is 0.631. The van der Waals surface area contributed by atoms with Gasteiger partial charge < -0.3 is 4.90 Å². The molecule has 132 valence electrons. The molecule has 7 heteroatoms. The van der Waals surface area contributed by atoms with E-state index in [0.29, 0.717) is 15.7 Å². The van der Waals surface area contributed by atoms with Gasteiger partial charge in [-0.05, 0) is 48.0 Å². The Bertz CT molecular complexity index is 922. The van der Waals surface area contributed by atoms with E-state index in [1.165, 1.54) is 23.1 Å². The van der Waals surface area contributed by atoms with Crippen molar-refractivity contribution in [3.05, 3.63) is 93.5 Å². The lowest BCUT2D eigenvalue weighted by Gasteiger charge is -2.23. The summed E-state index contributed by atoms with van der Waals surface area (Å²) in [5, 5.41) is 8.81. The Morgan fingerprint density at radius 2 is 1.88 bits per heavy atom. The summed E-state index contributed by atoms with van der Waals surface area (Å²) < 4.78 is 13.5. The summed E-state index contributed by atoms with van der Waals surface area (Å²) in [6, 6.07) is 14.1. The minimum atomic E-state index is -0.472. The normalized spacial score (nSPS) is 10.6. The van der Waals surface area contributed by atoms with Crippen LogP contribution < -0.4 is 0 Å². The number of carbonyl (C=O) groups is 1. The van der Waals surface area contributed by atoms with E-state index in [-0.39, 0.29) is 24.6 Å². The van der Waals surface area contributed by atoms with E-state index in [0.717, 1.165) is 5.56 Å². The molecule has 0 aliphatic rings. The standard InChI is InChI=1S/C19H14Cl2FN3O/c20-15-7-6-14(18(21)10-15)11-25(12-17-5-2-8-23-24-17)19(26)13-3-1-4-16(22)9-13/h1-10H,11-12H2. The maximum atomic E-state index is 13.5. The summed E-state index contributed by atoms with van der Waals surface area (Å²) in [5.74, 6) is -0.805. The van der Waals surface area contributed by atoms with Crippen molar-refractivity contribution in [2.75, 3.05) is 0 Å². The van der Waals surface area contributed by atoms with Crippen LogP contribution in [-0.2, 0) is 13.1 Å². The Morgan fingerprint density at radius 1 is 1.04 bits per heavy atom. The minimum Gasteiger partial charge on any atom is -0.328 e. The zero-order valence-electron chi connectivity index (χ0n) is 13.6. The molecule has 0 aliphatic carbocycles. The summed E-state index contributed by atoms with van der Waals surface area (Å²) in [5.41, 5.74) is 1.59. The number of benzene rings is 2. The van der Waals surface area contributed by atoms with Crippen molar-refractivity contribution in [1.29, 1.82) is 0 Å². The number of hydrogen-bond donors (Lipinski definition) is 0. The van der Waals surface area contributed by atoms with Crippen LogP contribution in [0.25, 0.3) is 0 Å². The van der Waals surface area contributed by atoms with Gasteiger partial charge in [0.2, 0.25) is 0 Å². The summed E-state index contributed by atoms with van der Waals surface area (Å²) in [7, 11) is 0. The smallest absolute Gasteiger partial charge is 0.254 e. The number of amides is 1. The van der Waals surface area contributed by atoms with E-state index in [4.69, 9.17) is 23.2 Å². The van der Waals surface area contributed by atoms with Crippen molar-refractivity contribution in [1.82, 2.24) is 15.1 Å². The van der Waals surface area contributed by atoms with Gasteiger partial charge in [0.15, 0.2) is 0 Å². The van der Waals surface area contributed by atoms with Gasteiger partial charge >= 0.3 is 0 Å². The molecule has 0 aliphatic heterocycles. The first-order valence-corrected chi connectivity index (χ1v) is 8.54. The number of nitrogens with zero attached hydrogens (tertiary/aromatic N) is 3. The molecule has 0 saturated heterocycles. The number of aromatic nitrogens is 2. The van der Waals surface area contributed by atoms with Crippen molar-refractivity contribution in [2.24, 2.45) is 0 Å². The molecule has 26 heavy (non-hydrogen) atoms. The van der Waals surface area contributed by atoms with Crippen LogP contribution in [0.5, 0.6) is 0 Å². The third-order valence-electron chi connectivity index (χ3n) is 3.72. The zero-order valence-corrected chi connectivity index (χ0v) is 15.1. The Balaban J connectivity index is 1.91. The summed E-state index contributed by atoms with van der Waals surface area (Å²) in [4.78, 5) is 14.5. The highest BCUT2D eigenvalue weighted by molar-refractivity contribution is 6.35. The van der Waals surface area contributed by atoms with Crippen molar-refractivity contribution in [2.45, 2.75) is 13.1 Å². The zero-order chi connectivity index (χ0) is 18.5. The lowest BCUT2D eigenvalue weighted by molar-refractivity contribution is 0.0727. The third kappa shape index (κ3) is 4.56. The van der Waals surface area contributed by atoms with Crippen molar-refractivity contribution in [3.8, 4) is 0 Å². The molecule has 0 atom stereocenters. The van der Waals surface area contributed by atoms with Crippen LogP contribution in [0.3, 0.4) is 0 Å². The fourth-order valence-electron chi connectivity index (χ4n) is 2.47. The molecule has 0 spiro atoms. The van der Waals surface area contributed by atoms with E-state index in [1.54, 1.807) is 42.6 Å². The maximum absolute atomic E-state index is 13.5. The monoisotopic (exact) mass is 389 g/mol. The molecule has 1 amide bonds. The lowest BCUT2D eigenvalue weighted by Crippen LogP contribution is -2.30. The van der Waals surface area contributed by atoms with Gasteiger partial charge in [0.25, 0.3) is 5.91 Å². The first-order valence-electron chi connectivity index (χ1n) is 7.78. The molecule has 4 nitrogen and oxygen atoms in total. The molecule has 0 unspecified atom stereocenters. The van der Waals surface area contributed by atoms with E-state index in [2.05, 4.69) is 10.2 Å². The van der Waals surface area contributed by atoms with E-state index >= 15 is 0 Å². The summed E-state index contributed by atoms with van der Waals surface area (Å²) >= 11 is 12.2. The average Bonchev–Trinajstić information content (AvgIpc) is 2.63. The first-order chi connectivity index (χ1) is 12.5. The molecule has 0 N–H and O–H groups in total. The average molecular weight is 390 g/mol. The Kier molecular flexibility index (Phi) is 5.81. The molecule has 3 aromatic rings. The molecule has 0 fully saturated rings. The van der Waals surface area contributed by atoms with Gasteiger partial charge in [-0.25, -0.2) is 4.39 Å². The van der Waals surface area contributed by atoms with Crippen molar-refractivity contribution >= 4 is 29.1 Å². The second-order valence-corrected chi connectivity index (χ2v) is 6.47. The molecule has 1 aromatic heterocycles. The predicted molar refractivity (Wildman–Crippen MR) is 98.5 cm³/mol. The van der Waals surface area contributed by atoms with Crippen molar-refractivity contribution < 1.29 is 9.18 Å². The molecular formula is C19H14Cl2FN3O. The van der Waals surface area contributed by atoms with Crippen LogP contribution in [0.1, 0.15) is 21.6 Å².